The molecule has 2 aromatic heterocycles. The zero-order valence-corrected chi connectivity index (χ0v) is 16.4. The van der Waals surface area contributed by atoms with Gasteiger partial charge in [0.15, 0.2) is 5.69 Å². The van der Waals surface area contributed by atoms with Gasteiger partial charge < -0.3 is 4.74 Å². The molecule has 3 fully saturated rings. The van der Waals surface area contributed by atoms with Crippen LogP contribution in [0.15, 0.2) is 30.7 Å². The van der Waals surface area contributed by atoms with Crippen molar-refractivity contribution < 1.29 is 4.74 Å². The summed E-state index contributed by atoms with van der Waals surface area (Å²) in [6.45, 7) is 11.6. The molecule has 2 aliphatic heterocycles. The van der Waals surface area contributed by atoms with E-state index in [0.29, 0.717) is 18.0 Å². The Morgan fingerprint density at radius 1 is 1.00 bits per heavy atom. The third-order valence-corrected chi connectivity index (χ3v) is 6.70. The van der Waals surface area contributed by atoms with Crippen LogP contribution in [0.2, 0.25) is 0 Å². The van der Waals surface area contributed by atoms with Gasteiger partial charge in [-0.15, -0.1) is 0 Å². The van der Waals surface area contributed by atoms with Gasteiger partial charge in [0.05, 0.1) is 56.0 Å². The Morgan fingerprint density at radius 2 is 1.83 bits per heavy atom. The smallest absolute Gasteiger partial charge is 0.191 e. The summed E-state index contributed by atoms with van der Waals surface area (Å²) in [6, 6.07) is 5.37. The van der Waals surface area contributed by atoms with E-state index < -0.39 is 0 Å². The first-order valence-corrected chi connectivity index (χ1v) is 10.6. The fourth-order valence-corrected chi connectivity index (χ4v) is 4.69. The Hall–Kier alpha value is -2.69. The van der Waals surface area contributed by atoms with Crippen molar-refractivity contribution >= 4 is 16.6 Å². The molecule has 148 valence electrons. The average molecular weight is 388 g/mol. The van der Waals surface area contributed by atoms with Crippen molar-refractivity contribution in [2.75, 3.05) is 26.3 Å². The second-order valence-corrected chi connectivity index (χ2v) is 8.55. The van der Waals surface area contributed by atoms with Gasteiger partial charge in [-0.3, -0.25) is 9.58 Å². The first-order valence-electron chi connectivity index (χ1n) is 10.6. The van der Waals surface area contributed by atoms with E-state index in [1.165, 1.54) is 18.4 Å². The predicted octanol–water partition coefficient (Wildman–Crippen LogP) is 3.69. The van der Waals surface area contributed by atoms with Crippen molar-refractivity contribution in [3.05, 3.63) is 47.7 Å². The van der Waals surface area contributed by atoms with Crippen LogP contribution in [0, 0.1) is 6.57 Å². The van der Waals surface area contributed by atoms with Crippen LogP contribution in [0.3, 0.4) is 0 Å². The molecule has 0 unspecified atom stereocenters. The van der Waals surface area contributed by atoms with E-state index in [0.717, 1.165) is 61.4 Å². The lowest BCUT2D eigenvalue weighted by Gasteiger charge is -2.41. The van der Waals surface area contributed by atoms with E-state index >= 15 is 0 Å². The molecule has 0 atom stereocenters. The van der Waals surface area contributed by atoms with Crippen LogP contribution in [0.4, 0.5) is 5.69 Å². The highest BCUT2D eigenvalue weighted by Crippen LogP contribution is 2.39. The Morgan fingerprint density at radius 3 is 2.52 bits per heavy atom. The van der Waals surface area contributed by atoms with Crippen LogP contribution in [0.1, 0.15) is 43.2 Å². The van der Waals surface area contributed by atoms with Crippen molar-refractivity contribution in [3.8, 4) is 5.69 Å². The molecule has 1 aliphatic carbocycles. The van der Waals surface area contributed by atoms with Gasteiger partial charge in [0.2, 0.25) is 0 Å². The van der Waals surface area contributed by atoms with Gasteiger partial charge in [-0.05, 0) is 62.4 Å². The molecule has 0 spiro atoms. The van der Waals surface area contributed by atoms with Gasteiger partial charge >= 0.3 is 0 Å². The van der Waals surface area contributed by atoms with Gasteiger partial charge in [0.25, 0.3) is 0 Å². The molecular weight excluding hydrogens is 364 g/mol. The molecular formula is C22H24N6O. The zero-order valence-electron chi connectivity index (χ0n) is 16.4. The highest BCUT2D eigenvalue weighted by atomic mass is 16.5. The van der Waals surface area contributed by atoms with Gasteiger partial charge in [0.1, 0.15) is 5.69 Å². The van der Waals surface area contributed by atoms with E-state index in [4.69, 9.17) is 11.3 Å². The number of piperidine rings is 1. The molecule has 2 saturated heterocycles. The third kappa shape index (κ3) is 2.95. The van der Waals surface area contributed by atoms with Crippen LogP contribution in [-0.2, 0) is 4.74 Å². The van der Waals surface area contributed by atoms with Crippen molar-refractivity contribution in [1.29, 1.82) is 0 Å². The average Bonchev–Trinajstić information content (AvgIpc) is 3.30. The highest BCUT2D eigenvalue weighted by Gasteiger charge is 2.31. The Kier molecular flexibility index (Phi) is 3.96. The normalized spacial score (nSPS) is 21.3. The van der Waals surface area contributed by atoms with E-state index in [2.05, 4.69) is 36.9 Å². The lowest BCUT2D eigenvalue weighted by Crippen LogP contribution is -2.51. The SMILES string of the molecule is [C-]#[N+]c1cc2cnn(-c3cnn(C4CC4)c3)c2cc1C1CCN(C2COC2)CC1. The number of rotatable bonds is 4. The highest BCUT2D eigenvalue weighted by molar-refractivity contribution is 5.86. The molecule has 0 bridgehead atoms. The van der Waals surface area contributed by atoms with Crippen molar-refractivity contribution in [2.24, 2.45) is 0 Å². The number of benzene rings is 1. The second-order valence-electron chi connectivity index (χ2n) is 8.55. The number of aromatic nitrogens is 4. The summed E-state index contributed by atoms with van der Waals surface area (Å²) in [7, 11) is 0. The predicted molar refractivity (Wildman–Crippen MR) is 110 cm³/mol. The monoisotopic (exact) mass is 388 g/mol. The van der Waals surface area contributed by atoms with Crippen LogP contribution >= 0.6 is 0 Å². The van der Waals surface area contributed by atoms with Gasteiger partial charge in [-0.2, -0.15) is 10.2 Å². The number of hydrogen-bond donors (Lipinski definition) is 0. The van der Waals surface area contributed by atoms with Gasteiger partial charge in [-0.25, -0.2) is 9.53 Å². The number of nitrogens with zero attached hydrogens (tertiary/aromatic N) is 6. The summed E-state index contributed by atoms with van der Waals surface area (Å²) in [5.74, 6) is 0.429. The molecule has 6 rings (SSSR count). The van der Waals surface area contributed by atoms with Crippen molar-refractivity contribution in [2.45, 2.75) is 43.7 Å². The lowest BCUT2D eigenvalue weighted by molar-refractivity contribution is -0.0712. The Balaban J connectivity index is 1.33. The first-order chi connectivity index (χ1) is 14.3. The largest absolute Gasteiger partial charge is 0.378 e. The van der Waals surface area contributed by atoms with Crippen LogP contribution in [-0.4, -0.2) is 56.8 Å². The molecule has 0 N–H and O–H groups in total. The second kappa shape index (κ2) is 6.68. The molecule has 3 aliphatic rings. The fourth-order valence-electron chi connectivity index (χ4n) is 4.69. The minimum Gasteiger partial charge on any atom is -0.378 e. The molecule has 7 nitrogen and oxygen atoms in total. The molecule has 7 heteroatoms. The number of likely N-dealkylation sites (tertiary alicyclic amines) is 1. The number of fused-ring (bicyclic) bond motifs is 1. The Bertz CT molecular complexity index is 1090. The molecule has 3 aromatic rings. The van der Waals surface area contributed by atoms with E-state index in [-0.39, 0.29) is 0 Å². The fraction of sp³-hybridized carbons (Fsp3) is 0.500. The van der Waals surface area contributed by atoms with Crippen molar-refractivity contribution in [3.63, 3.8) is 0 Å². The molecule has 0 amide bonds. The molecule has 0 radical (unpaired) electrons. The summed E-state index contributed by atoms with van der Waals surface area (Å²) < 4.78 is 9.38. The van der Waals surface area contributed by atoms with Crippen LogP contribution in [0.25, 0.3) is 21.4 Å². The minimum absolute atomic E-state index is 0.429. The summed E-state index contributed by atoms with van der Waals surface area (Å²) in [5, 5.41) is 10.1. The molecule has 29 heavy (non-hydrogen) atoms. The van der Waals surface area contributed by atoms with Crippen LogP contribution < -0.4 is 0 Å². The zero-order chi connectivity index (χ0) is 19.4. The maximum atomic E-state index is 7.71. The van der Waals surface area contributed by atoms with E-state index in [1.54, 1.807) is 0 Å². The van der Waals surface area contributed by atoms with Crippen molar-refractivity contribution in [1.82, 2.24) is 24.5 Å². The van der Waals surface area contributed by atoms with Crippen LogP contribution in [0.5, 0.6) is 0 Å². The maximum Gasteiger partial charge on any atom is 0.191 e. The number of hydrogen-bond acceptors (Lipinski definition) is 4. The molecule has 1 aromatic carbocycles. The van der Waals surface area contributed by atoms with E-state index in [9.17, 15) is 0 Å². The lowest BCUT2D eigenvalue weighted by atomic mass is 9.87. The molecule has 4 heterocycles. The summed E-state index contributed by atoms with van der Waals surface area (Å²) in [4.78, 5) is 6.41. The van der Waals surface area contributed by atoms with E-state index in [1.807, 2.05) is 23.1 Å². The van der Waals surface area contributed by atoms with Gasteiger partial charge in [-0.1, -0.05) is 0 Å². The standard InChI is InChI=1S/C22H24N6O/c1-23-21-8-16-10-25-28(18-11-24-27(12-18)17-2-3-17)22(16)9-20(21)15-4-6-26(7-5-15)19-13-29-14-19/h8-12,15,17,19H,2-7,13-14H2. The summed E-state index contributed by atoms with van der Waals surface area (Å²) in [6.07, 6.45) is 10.5. The maximum absolute atomic E-state index is 7.71. The summed E-state index contributed by atoms with van der Waals surface area (Å²) >= 11 is 0. The minimum atomic E-state index is 0.429. The van der Waals surface area contributed by atoms with Gasteiger partial charge in [0, 0.05) is 5.39 Å². The molecule has 1 saturated carbocycles. The summed E-state index contributed by atoms with van der Waals surface area (Å²) in [5.41, 5.74) is 4.01. The third-order valence-electron chi connectivity index (χ3n) is 6.70. The number of ether oxygens (including phenoxy) is 1. The Labute approximate surface area is 169 Å². The first kappa shape index (κ1) is 17.2. The quantitative estimate of drug-likeness (QED) is 0.640. The topological polar surface area (TPSA) is 52.5 Å².